The van der Waals surface area contributed by atoms with Crippen LogP contribution in [0.4, 0.5) is 0 Å². The Morgan fingerprint density at radius 2 is 2.04 bits per heavy atom. The van der Waals surface area contributed by atoms with E-state index in [1.165, 1.54) is 25.7 Å². The molecule has 0 unspecified atom stereocenters. The molecule has 0 bridgehead atoms. The zero-order valence-corrected chi connectivity index (χ0v) is 13.9. The van der Waals surface area contributed by atoms with Gasteiger partial charge in [-0.1, -0.05) is 5.16 Å². The van der Waals surface area contributed by atoms with Crippen LogP contribution in [0.2, 0.25) is 0 Å². The number of nitrogens with zero attached hydrogens (tertiary/aromatic N) is 6. The van der Waals surface area contributed by atoms with Crippen molar-refractivity contribution in [3.8, 4) is 0 Å². The Balaban J connectivity index is 1.35. The average molecular weight is 316 g/mol. The highest BCUT2D eigenvalue weighted by atomic mass is 16.5. The molecular formula is C16H24N6O. The number of hydrogen-bond acceptors (Lipinski definition) is 6. The summed E-state index contributed by atoms with van der Waals surface area (Å²) in [6, 6.07) is 0. The third kappa shape index (κ3) is 3.44. The van der Waals surface area contributed by atoms with Crippen molar-refractivity contribution >= 4 is 0 Å². The van der Waals surface area contributed by atoms with Gasteiger partial charge in [0.2, 0.25) is 5.89 Å². The Bertz CT molecular complexity index is 674. The largest absolute Gasteiger partial charge is 0.339 e. The second kappa shape index (κ2) is 6.03. The van der Waals surface area contributed by atoms with E-state index >= 15 is 0 Å². The first-order chi connectivity index (χ1) is 11.2. The zero-order chi connectivity index (χ0) is 15.8. The van der Waals surface area contributed by atoms with Crippen molar-refractivity contribution in [3.63, 3.8) is 0 Å². The Labute approximate surface area is 136 Å². The third-order valence-electron chi connectivity index (χ3n) is 4.77. The molecule has 3 heterocycles. The van der Waals surface area contributed by atoms with E-state index in [1.807, 2.05) is 18.5 Å². The molecule has 2 fully saturated rings. The molecule has 0 aromatic carbocycles. The molecule has 2 aromatic heterocycles. The van der Waals surface area contributed by atoms with Crippen LogP contribution in [-0.4, -0.2) is 42.9 Å². The topological polar surface area (TPSA) is 72.9 Å². The summed E-state index contributed by atoms with van der Waals surface area (Å²) in [4.78, 5) is 11.4. The molecule has 0 N–H and O–H groups in total. The van der Waals surface area contributed by atoms with Gasteiger partial charge in [-0.2, -0.15) is 10.1 Å². The zero-order valence-electron chi connectivity index (χ0n) is 13.9. The Morgan fingerprint density at radius 3 is 2.78 bits per heavy atom. The molecule has 0 spiro atoms. The summed E-state index contributed by atoms with van der Waals surface area (Å²) in [5.41, 5.74) is 0. The van der Waals surface area contributed by atoms with Gasteiger partial charge < -0.3 is 4.52 Å². The first kappa shape index (κ1) is 14.8. The van der Waals surface area contributed by atoms with Crippen LogP contribution in [-0.2, 0) is 13.1 Å². The van der Waals surface area contributed by atoms with Crippen LogP contribution in [0.1, 0.15) is 55.0 Å². The first-order valence-corrected chi connectivity index (χ1v) is 8.60. The number of rotatable bonds is 5. The molecule has 2 aromatic rings. The molecule has 1 saturated carbocycles. The lowest BCUT2D eigenvalue weighted by Gasteiger charge is -2.31. The monoisotopic (exact) mass is 316 g/mol. The highest BCUT2D eigenvalue weighted by molar-refractivity contribution is 5.01. The minimum atomic E-state index is 0.531. The first-order valence-electron chi connectivity index (χ1n) is 8.60. The van der Waals surface area contributed by atoms with Gasteiger partial charge >= 0.3 is 0 Å². The summed E-state index contributed by atoms with van der Waals surface area (Å²) in [6.07, 6.45) is 4.85. The van der Waals surface area contributed by atoms with Crippen molar-refractivity contribution in [1.29, 1.82) is 0 Å². The molecule has 7 nitrogen and oxygen atoms in total. The van der Waals surface area contributed by atoms with Gasteiger partial charge in [-0.3, -0.25) is 4.90 Å². The van der Waals surface area contributed by atoms with Crippen LogP contribution in [0.25, 0.3) is 0 Å². The molecule has 7 heteroatoms. The van der Waals surface area contributed by atoms with Crippen LogP contribution in [0.15, 0.2) is 4.52 Å². The lowest BCUT2D eigenvalue weighted by atomic mass is 9.98. The normalized spacial score (nSPS) is 22.6. The van der Waals surface area contributed by atoms with E-state index in [-0.39, 0.29) is 0 Å². The molecule has 4 rings (SSSR count). The minimum Gasteiger partial charge on any atom is -0.339 e. The van der Waals surface area contributed by atoms with E-state index < -0.39 is 0 Å². The van der Waals surface area contributed by atoms with Crippen LogP contribution in [0.3, 0.4) is 0 Å². The standard InChI is InChI=1S/C16H24N6O/c1-11-17-12(2)22(19-11)9-13-4-3-7-21(8-13)10-15-18-16(23-20-15)14-5-6-14/h13-14H,3-10H2,1-2H3/t13-/m0/s1. The van der Waals surface area contributed by atoms with Crippen LogP contribution in [0, 0.1) is 19.8 Å². The van der Waals surface area contributed by atoms with E-state index in [2.05, 4.69) is 25.1 Å². The third-order valence-corrected chi connectivity index (χ3v) is 4.77. The fourth-order valence-corrected chi connectivity index (χ4v) is 3.45. The molecule has 1 atom stereocenters. The Kier molecular flexibility index (Phi) is 3.88. The maximum absolute atomic E-state index is 5.36. The lowest BCUT2D eigenvalue weighted by Crippen LogP contribution is -2.37. The van der Waals surface area contributed by atoms with Gasteiger partial charge in [0.1, 0.15) is 11.6 Å². The smallest absolute Gasteiger partial charge is 0.229 e. The summed E-state index contributed by atoms with van der Waals surface area (Å²) in [7, 11) is 0. The molecule has 0 amide bonds. The molecule has 1 aliphatic heterocycles. The predicted molar refractivity (Wildman–Crippen MR) is 83.8 cm³/mol. The second-order valence-electron chi connectivity index (χ2n) is 6.95. The van der Waals surface area contributed by atoms with Gasteiger partial charge in [0.25, 0.3) is 0 Å². The summed E-state index contributed by atoms with van der Waals surface area (Å²) in [5.74, 6) is 4.67. The highest BCUT2D eigenvalue weighted by Gasteiger charge is 2.30. The van der Waals surface area contributed by atoms with E-state index in [9.17, 15) is 0 Å². The summed E-state index contributed by atoms with van der Waals surface area (Å²) in [6.45, 7) is 7.89. The van der Waals surface area contributed by atoms with E-state index in [1.54, 1.807) is 0 Å². The number of piperidine rings is 1. The Morgan fingerprint density at radius 1 is 1.17 bits per heavy atom. The minimum absolute atomic E-state index is 0.531. The van der Waals surface area contributed by atoms with Crippen LogP contribution in [0.5, 0.6) is 0 Å². The van der Waals surface area contributed by atoms with Crippen molar-refractivity contribution in [3.05, 3.63) is 23.4 Å². The van der Waals surface area contributed by atoms with Gasteiger partial charge in [-0.05, 0) is 52.0 Å². The fraction of sp³-hybridized carbons (Fsp3) is 0.750. The SMILES string of the molecule is Cc1nc(C)n(C[C@H]2CCCN(Cc3noc(C4CC4)n3)C2)n1. The van der Waals surface area contributed by atoms with Crippen molar-refractivity contribution < 1.29 is 4.52 Å². The van der Waals surface area contributed by atoms with Crippen molar-refractivity contribution in [2.75, 3.05) is 13.1 Å². The van der Waals surface area contributed by atoms with Crippen molar-refractivity contribution in [1.82, 2.24) is 29.8 Å². The molecular weight excluding hydrogens is 292 g/mol. The van der Waals surface area contributed by atoms with Gasteiger partial charge in [0, 0.05) is 19.0 Å². The predicted octanol–water partition coefficient (Wildman–Crippen LogP) is 2.07. The number of aryl methyl sites for hydroxylation is 2. The average Bonchev–Trinajstić information content (AvgIpc) is 3.19. The highest BCUT2D eigenvalue weighted by Crippen LogP contribution is 2.38. The van der Waals surface area contributed by atoms with Gasteiger partial charge in [-0.25, -0.2) is 9.67 Å². The summed E-state index contributed by atoms with van der Waals surface area (Å²) >= 11 is 0. The molecule has 1 aliphatic carbocycles. The molecule has 1 saturated heterocycles. The molecule has 23 heavy (non-hydrogen) atoms. The summed E-state index contributed by atoms with van der Waals surface area (Å²) in [5, 5.41) is 8.63. The molecule has 124 valence electrons. The van der Waals surface area contributed by atoms with Crippen LogP contribution < -0.4 is 0 Å². The van der Waals surface area contributed by atoms with Gasteiger partial charge in [-0.15, -0.1) is 0 Å². The number of likely N-dealkylation sites (tertiary alicyclic amines) is 1. The van der Waals surface area contributed by atoms with E-state index in [0.29, 0.717) is 11.8 Å². The molecule has 2 aliphatic rings. The molecule has 0 radical (unpaired) electrons. The maximum Gasteiger partial charge on any atom is 0.229 e. The number of aromatic nitrogens is 5. The number of hydrogen-bond donors (Lipinski definition) is 0. The van der Waals surface area contributed by atoms with Crippen LogP contribution >= 0.6 is 0 Å². The van der Waals surface area contributed by atoms with E-state index in [4.69, 9.17) is 4.52 Å². The van der Waals surface area contributed by atoms with E-state index in [0.717, 1.165) is 49.5 Å². The fourth-order valence-electron chi connectivity index (χ4n) is 3.45. The van der Waals surface area contributed by atoms with Crippen molar-refractivity contribution in [2.24, 2.45) is 5.92 Å². The Hall–Kier alpha value is -1.76. The maximum atomic E-state index is 5.36. The lowest BCUT2D eigenvalue weighted by molar-refractivity contribution is 0.148. The van der Waals surface area contributed by atoms with Gasteiger partial charge in [0.15, 0.2) is 5.82 Å². The van der Waals surface area contributed by atoms with Crippen molar-refractivity contribution in [2.45, 2.75) is 58.5 Å². The second-order valence-corrected chi connectivity index (χ2v) is 6.95. The quantitative estimate of drug-likeness (QED) is 0.841. The van der Waals surface area contributed by atoms with Gasteiger partial charge in [0.05, 0.1) is 6.54 Å². The summed E-state index contributed by atoms with van der Waals surface area (Å²) < 4.78 is 7.41.